The van der Waals surface area contributed by atoms with Crippen LogP contribution in [0.3, 0.4) is 0 Å². The molecule has 1 aliphatic heterocycles. The first-order valence-corrected chi connectivity index (χ1v) is 16.1. The Hall–Kier alpha value is -3.59. The minimum Gasteiger partial charge on any atom is -0.444 e. The van der Waals surface area contributed by atoms with E-state index in [1.165, 1.54) is 0 Å². The number of nitrogens with two attached hydrogens (primary N) is 2. The van der Waals surface area contributed by atoms with Gasteiger partial charge in [0.2, 0.25) is 5.91 Å². The zero-order valence-electron chi connectivity index (χ0n) is 28.3. The number of hydrogen-bond donors (Lipinski definition) is 7. The molecule has 2 rings (SSSR count). The molecule has 0 aromatic heterocycles. The van der Waals surface area contributed by atoms with E-state index >= 15 is 0 Å². The van der Waals surface area contributed by atoms with Crippen molar-refractivity contribution in [2.45, 2.75) is 116 Å². The van der Waals surface area contributed by atoms with E-state index in [4.69, 9.17) is 20.9 Å². The van der Waals surface area contributed by atoms with Crippen LogP contribution in [-0.2, 0) is 36.7 Å². The minimum atomic E-state index is -1.54. The second kappa shape index (κ2) is 18.1. The van der Waals surface area contributed by atoms with Crippen molar-refractivity contribution in [1.82, 2.24) is 16.0 Å². The number of nitrogens with one attached hydrogen (secondary N) is 3. The highest BCUT2D eigenvalue weighted by Crippen LogP contribution is 2.25. The summed E-state index contributed by atoms with van der Waals surface area (Å²) in [5, 5.41) is 28.7. The van der Waals surface area contributed by atoms with Crippen molar-refractivity contribution in [2.75, 3.05) is 13.1 Å². The average Bonchev–Trinajstić information content (AvgIpc) is 2.97. The lowest BCUT2D eigenvalue weighted by atomic mass is 9.84. The highest BCUT2D eigenvalue weighted by molar-refractivity contribution is 5.93. The number of alkyl carbamates (subject to hydrolysis) is 1. The van der Waals surface area contributed by atoms with Gasteiger partial charge >= 0.3 is 12.1 Å². The number of aliphatic hydroxyl groups is 2. The number of Topliss-reactive ketones (excluding diaryl/α,β-unsaturated/α-hetero) is 2. The molecule has 14 heteroatoms. The second-order valence-electron chi connectivity index (χ2n) is 13.5. The van der Waals surface area contributed by atoms with Crippen LogP contribution in [0.4, 0.5) is 9.59 Å². The molecule has 1 aromatic rings. The zero-order valence-corrected chi connectivity index (χ0v) is 28.3. The summed E-state index contributed by atoms with van der Waals surface area (Å²) in [6.07, 6.45) is -4.57. The fourth-order valence-corrected chi connectivity index (χ4v) is 5.20. The van der Waals surface area contributed by atoms with Gasteiger partial charge in [-0.1, -0.05) is 38.1 Å². The highest BCUT2D eigenvalue weighted by atomic mass is 16.6. The lowest BCUT2D eigenvalue weighted by Crippen LogP contribution is -2.62. The van der Waals surface area contributed by atoms with Crippen molar-refractivity contribution < 1.29 is 43.7 Å². The van der Waals surface area contributed by atoms with Crippen LogP contribution in [0.25, 0.3) is 0 Å². The van der Waals surface area contributed by atoms with E-state index in [0.29, 0.717) is 19.4 Å². The summed E-state index contributed by atoms with van der Waals surface area (Å²) < 4.78 is 10.8. The molecule has 1 heterocycles. The quantitative estimate of drug-likeness (QED) is 0.123. The summed E-state index contributed by atoms with van der Waals surface area (Å²) in [6, 6.07) is 4.84. The van der Waals surface area contributed by atoms with Crippen LogP contribution in [0.2, 0.25) is 0 Å². The van der Waals surface area contributed by atoms with Gasteiger partial charge in [-0.05, 0) is 64.0 Å². The van der Waals surface area contributed by atoms with Gasteiger partial charge in [0.25, 0.3) is 0 Å². The maximum Gasteiger partial charge on any atom is 0.407 e. The molecule has 1 saturated heterocycles. The molecule has 14 nitrogen and oxygen atoms in total. The molecule has 4 amide bonds. The molecule has 0 spiro atoms. The molecule has 9 N–H and O–H groups in total. The van der Waals surface area contributed by atoms with Crippen molar-refractivity contribution in [2.24, 2.45) is 23.3 Å². The first-order valence-electron chi connectivity index (χ1n) is 16.1. The lowest BCUT2D eigenvalue weighted by molar-refractivity contribution is -0.183. The number of carbonyl (C=O) groups is 5. The Morgan fingerprint density at radius 3 is 2.17 bits per heavy atom. The normalized spacial score (nSPS) is 22.6. The lowest BCUT2D eigenvalue weighted by Gasteiger charge is -2.39. The second-order valence-corrected chi connectivity index (χ2v) is 13.5. The van der Waals surface area contributed by atoms with E-state index in [1.54, 1.807) is 53.7 Å². The molecule has 47 heavy (non-hydrogen) atoms. The van der Waals surface area contributed by atoms with Gasteiger partial charge in [0, 0.05) is 31.8 Å². The number of urea groups is 1. The van der Waals surface area contributed by atoms with E-state index in [2.05, 4.69) is 16.0 Å². The Bertz CT molecular complexity index is 1220. The predicted molar refractivity (Wildman–Crippen MR) is 174 cm³/mol. The number of benzene rings is 1. The third-order valence-electron chi connectivity index (χ3n) is 7.99. The number of aliphatic hydroxyl groups excluding tert-OH is 2. The molecule has 0 saturated carbocycles. The Labute approximate surface area is 276 Å². The number of primary amides is 1. The van der Waals surface area contributed by atoms with Crippen molar-refractivity contribution in [3.63, 3.8) is 0 Å². The average molecular weight is 664 g/mol. The standard InChI is InChI=1S/C33H53N5O9/c1-18(2)22(17-25(40)29-28(42)27(41)26(34)19(3)46-29)30(43)38-23(8-7-14-36-31(35)44)24(39)16-21-11-9-20(10-12-21)13-15-37-32(45)47-33(4,5)6/h9-12,18-19,22-23,26-29,41-42H,7-8,13-17,34H2,1-6H3,(H,37,45)(H,38,43)(H3,35,36,44)/t19?,22-,23?,26?,27-,28?,29-/m1/s1. The fourth-order valence-electron chi connectivity index (χ4n) is 5.20. The first-order chi connectivity index (χ1) is 21.9. The van der Waals surface area contributed by atoms with Crippen LogP contribution in [0, 0.1) is 11.8 Å². The largest absolute Gasteiger partial charge is 0.444 e. The third kappa shape index (κ3) is 13.2. The molecular weight excluding hydrogens is 610 g/mol. The molecule has 0 aliphatic carbocycles. The van der Waals surface area contributed by atoms with Gasteiger partial charge in [0.1, 0.15) is 23.9 Å². The number of amides is 4. The minimum absolute atomic E-state index is 0.0219. The predicted octanol–water partition coefficient (Wildman–Crippen LogP) is 0.867. The summed E-state index contributed by atoms with van der Waals surface area (Å²) in [4.78, 5) is 63.2. The number of ether oxygens (including phenoxy) is 2. The zero-order chi connectivity index (χ0) is 35.5. The molecule has 0 radical (unpaired) electrons. The molecule has 0 bridgehead atoms. The number of hydrogen-bond acceptors (Lipinski definition) is 10. The molecule has 4 unspecified atom stereocenters. The summed E-state index contributed by atoms with van der Waals surface area (Å²) in [5.41, 5.74) is 12.1. The Morgan fingerprint density at radius 1 is 0.979 bits per heavy atom. The van der Waals surface area contributed by atoms with Crippen molar-refractivity contribution in [3.05, 3.63) is 35.4 Å². The maximum absolute atomic E-state index is 13.5. The van der Waals surface area contributed by atoms with Crippen LogP contribution in [0.15, 0.2) is 24.3 Å². The van der Waals surface area contributed by atoms with Gasteiger partial charge in [0.15, 0.2) is 11.6 Å². The fraction of sp³-hybridized carbons (Fsp3) is 0.667. The molecular formula is C33H53N5O9. The van der Waals surface area contributed by atoms with E-state index in [9.17, 15) is 34.2 Å². The summed E-state index contributed by atoms with van der Waals surface area (Å²) in [6.45, 7) is 11.1. The van der Waals surface area contributed by atoms with Crippen LogP contribution in [-0.4, -0.2) is 95.0 Å². The molecule has 1 aliphatic rings. The molecule has 1 fully saturated rings. The molecule has 264 valence electrons. The molecule has 7 atom stereocenters. The van der Waals surface area contributed by atoms with E-state index in [-0.39, 0.29) is 37.5 Å². The van der Waals surface area contributed by atoms with Crippen LogP contribution >= 0.6 is 0 Å². The van der Waals surface area contributed by atoms with Crippen molar-refractivity contribution >= 4 is 29.6 Å². The monoisotopic (exact) mass is 663 g/mol. The Balaban J connectivity index is 2.07. The molecule has 1 aromatic carbocycles. The van der Waals surface area contributed by atoms with Gasteiger partial charge in [0.05, 0.1) is 18.2 Å². The van der Waals surface area contributed by atoms with Gasteiger partial charge in [-0.15, -0.1) is 0 Å². The Morgan fingerprint density at radius 2 is 1.60 bits per heavy atom. The SMILES string of the molecule is CC1O[C@H](C(=O)C[C@@H](C(=O)NC(CCCNC(N)=O)C(=O)Cc2ccc(CCNC(=O)OC(C)(C)C)cc2)C(C)C)C(O)[C@H](O)C1N. The number of rotatable bonds is 16. The van der Waals surface area contributed by atoms with Crippen molar-refractivity contribution in [1.29, 1.82) is 0 Å². The number of ketones is 2. The number of carbonyl (C=O) groups excluding carboxylic acids is 5. The van der Waals surface area contributed by atoms with Crippen LogP contribution in [0.1, 0.15) is 71.9 Å². The van der Waals surface area contributed by atoms with Crippen molar-refractivity contribution in [3.8, 4) is 0 Å². The van der Waals surface area contributed by atoms with Gasteiger partial charge < -0.3 is 47.1 Å². The Kier molecular flexibility index (Phi) is 15.2. The van der Waals surface area contributed by atoms with E-state index in [1.807, 2.05) is 12.1 Å². The topological polar surface area (TPSA) is 232 Å². The summed E-state index contributed by atoms with van der Waals surface area (Å²) in [7, 11) is 0. The van der Waals surface area contributed by atoms with Crippen LogP contribution < -0.4 is 27.4 Å². The van der Waals surface area contributed by atoms with Gasteiger partial charge in [-0.2, -0.15) is 0 Å². The van der Waals surface area contributed by atoms with E-state index < -0.39 is 71.8 Å². The van der Waals surface area contributed by atoms with Gasteiger partial charge in [-0.25, -0.2) is 9.59 Å². The van der Waals surface area contributed by atoms with Gasteiger partial charge in [-0.3, -0.25) is 14.4 Å². The highest BCUT2D eigenvalue weighted by Gasteiger charge is 2.45. The summed E-state index contributed by atoms with van der Waals surface area (Å²) in [5.74, 6) is -2.50. The summed E-state index contributed by atoms with van der Waals surface area (Å²) >= 11 is 0. The van der Waals surface area contributed by atoms with Crippen LogP contribution in [0.5, 0.6) is 0 Å². The smallest absolute Gasteiger partial charge is 0.407 e. The van der Waals surface area contributed by atoms with E-state index in [0.717, 1.165) is 11.1 Å². The maximum atomic E-state index is 13.5. The first kappa shape index (κ1) is 39.6. The third-order valence-corrected chi connectivity index (χ3v) is 7.99.